The maximum absolute atomic E-state index is 5.61. The van der Waals surface area contributed by atoms with E-state index in [4.69, 9.17) is 5.73 Å². The molecule has 0 amide bonds. The highest BCUT2D eigenvalue weighted by atomic mass is 14.7. The predicted octanol–water partition coefficient (Wildman–Crippen LogP) is 1.38. The van der Waals surface area contributed by atoms with Gasteiger partial charge in [-0.05, 0) is 24.7 Å². The standard InChI is InChI=1S/C7H15N/c1-5(2)3-6-4-7(6)8/h5-7H,3-4,8H2,1-2H3/t6-,7-/m0/s1. The van der Waals surface area contributed by atoms with Gasteiger partial charge >= 0.3 is 0 Å². The van der Waals surface area contributed by atoms with Gasteiger partial charge in [0.1, 0.15) is 0 Å². The van der Waals surface area contributed by atoms with E-state index in [0.717, 1.165) is 11.8 Å². The Morgan fingerprint density at radius 1 is 1.62 bits per heavy atom. The van der Waals surface area contributed by atoms with E-state index >= 15 is 0 Å². The average molecular weight is 113 g/mol. The topological polar surface area (TPSA) is 26.0 Å². The Bertz CT molecular complexity index is 78.5. The molecule has 0 spiro atoms. The maximum atomic E-state index is 5.61. The largest absolute Gasteiger partial charge is 0.327 e. The molecule has 1 heteroatoms. The fourth-order valence-corrected chi connectivity index (χ4v) is 1.15. The Balaban J connectivity index is 2.05. The third-order valence-corrected chi connectivity index (χ3v) is 1.75. The van der Waals surface area contributed by atoms with Crippen molar-refractivity contribution >= 4 is 0 Å². The summed E-state index contributed by atoms with van der Waals surface area (Å²) in [6.45, 7) is 4.51. The number of hydrogen-bond acceptors (Lipinski definition) is 1. The first-order valence-corrected chi connectivity index (χ1v) is 3.45. The second kappa shape index (κ2) is 2.06. The minimum absolute atomic E-state index is 0.553. The summed E-state index contributed by atoms with van der Waals surface area (Å²) in [5.74, 6) is 1.71. The van der Waals surface area contributed by atoms with Crippen LogP contribution in [0.2, 0.25) is 0 Å². The summed E-state index contributed by atoms with van der Waals surface area (Å²) in [5.41, 5.74) is 5.61. The molecule has 0 aromatic heterocycles. The van der Waals surface area contributed by atoms with Crippen molar-refractivity contribution in [2.75, 3.05) is 0 Å². The molecule has 0 heterocycles. The van der Waals surface area contributed by atoms with Crippen LogP contribution in [0.5, 0.6) is 0 Å². The average Bonchev–Trinajstić information content (AvgIpc) is 2.17. The quantitative estimate of drug-likeness (QED) is 0.575. The van der Waals surface area contributed by atoms with Crippen LogP contribution in [0, 0.1) is 11.8 Å². The van der Waals surface area contributed by atoms with Gasteiger partial charge in [0.15, 0.2) is 0 Å². The lowest BCUT2D eigenvalue weighted by Crippen LogP contribution is -2.03. The molecule has 0 saturated heterocycles. The number of nitrogens with two attached hydrogens (primary N) is 1. The van der Waals surface area contributed by atoms with Crippen LogP contribution in [0.25, 0.3) is 0 Å². The smallest absolute Gasteiger partial charge is 0.00710 e. The Morgan fingerprint density at radius 3 is 2.25 bits per heavy atom. The van der Waals surface area contributed by atoms with Crippen LogP contribution in [-0.4, -0.2) is 6.04 Å². The molecule has 1 aliphatic rings. The Morgan fingerprint density at radius 2 is 2.12 bits per heavy atom. The molecular formula is C7H15N. The van der Waals surface area contributed by atoms with Crippen LogP contribution in [0.3, 0.4) is 0 Å². The molecule has 0 radical (unpaired) electrons. The van der Waals surface area contributed by atoms with Gasteiger partial charge in [-0.15, -0.1) is 0 Å². The molecule has 2 N–H and O–H groups in total. The van der Waals surface area contributed by atoms with E-state index in [1.807, 2.05) is 0 Å². The lowest BCUT2D eigenvalue weighted by Gasteiger charge is -1.99. The van der Waals surface area contributed by atoms with Gasteiger partial charge in [-0.1, -0.05) is 13.8 Å². The van der Waals surface area contributed by atoms with Gasteiger partial charge < -0.3 is 5.73 Å². The van der Waals surface area contributed by atoms with Gasteiger partial charge in [0, 0.05) is 6.04 Å². The molecule has 0 aromatic rings. The van der Waals surface area contributed by atoms with Crippen molar-refractivity contribution in [3.05, 3.63) is 0 Å². The second-order valence-electron chi connectivity index (χ2n) is 3.29. The van der Waals surface area contributed by atoms with E-state index in [-0.39, 0.29) is 0 Å². The SMILES string of the molecule is CC(C)C[C@H]1C[C@@H]1N. The predicted molar refractivity (Wildman–Crippen MR) is 35.5 cm³/mol. The van der Waals surface area contributed by atoms with Gasteiger partial charge in [-0.2, -0.15) is 0 Å². The molecule has 2 atom stereocenters. The highest BCUT2D eigenvalue weighted by Gasteiger charge is 2.33. The van der Waals surface area contributed by atoms with E-state index in [2.05, 4.69) is 13.8 Å². The third-order valence-electron chi connectivity index (χ3n) is 1.75. The van der Waals surface area contributed by atoms with E-state index in [0.29, 0.717) is 6.04 Å². The summed E-state index contributed by atoms with van der Waals surface area (Å²) in [7, 11) is 0. The van der Waals surface area contributed by atoms with E-state index in [1.54, 1.807) is 0 Å². The summed E-state index contributed by atoms with van der Waals surface area (Å²) >= 11 is 0. The van der Waals surface area contributed by atoms with Crippen molar-refractivity contribution in [3.63, 3.8) is 0 Å². The van der Waals surface area contributed by atoms with Crippen LogP contribution < -0.4 is 5.73 Å². The minimum atomic E-state index is 0.553. The van der Waals surface area contributed by atoms with Crippen molar-refractivity contribution in [1.82, 2.24) is 0 Å². The maximum Gasteiger partial charge on any atom is 0.00710 e. The van der Waals surface area contributed by atoms with Crippen molar-refractivity contribution in [2.45, 2.75) is 32.7 Å². The van der Waals surface area contributed by atoms with Crippen LogP contribution in [0.15, 0.2) is 0 Å². The first-order chi connectivity index (χ1) is 3.70. The Hall–Kier alpha value is -0.0400. The molecule has 0 unspecified atom stereocenters. The highest BCUT2D eigenvalue weighted by molar-refractivity contribution is 4.89. The minimum Gasteiger partial charge on any atom is -0.327 e. The molecule has 1 fully saturated rings. The normalized spacial score (nSPS) is 36.0. The summed E-state index contributed by atoms with van der Waals surface area (Å²) in [6, 6.07) is 0.553. The van der Waals surface area contributed by atoms with E-state index in [9.17, 15) is 0 Å². The van der Waals surface area contributed by atoms with Crippen molar-refractivity contribution < 1.29 is 0 Å². The van der Waals surface area contributed by atoms with Gasteiger partial charge in [0.25, 0.3) is 0 Å². The first kappa shape index (κ1) is 6.09. The fourth-order valence-electron chi connectivity index (χ4n) is 1.15. The van der Waals surface area contributed by atoms with Crippen molar-refractivity contribution in [2.24, 2.45) is 17.6 Å². The monoisotopic (exact) mass is 113 g/mol. The third kappa shape index (κ3) is 1.48. The Labute approximate surface area is 51.3 Å². The summed E-state index contributed by atoms with van der Waals surface area (Å²) < 4.78 is 0. The lowest BCUT2D eigenvalue weighted by molar-refractivity contribution is 0.531. The lowest BCUT2D eigenvalue weighted by atomic mass is 10.1. The zero-order valence-corrected chi connectivity index (χ0v) is 5.72. The molecule has 1 rings (SSSR count). The first-order valence-electron chi connectivity index (χ1n) is 3.45. The van der Waals surface area contributed by atoms with Crippen LogP contribution >= 0.6 is 0 Å². The molecule has 0 bridgehead atoms. The molecule has 0 aliphatic heterocycles. The summed E-state index contributed by atoms with van der Waals surface area (Å²) in [5, 5.41) is 0. The van der Waals surface area contributed by atoms with Crippen LogP contribution in [0.1, 0.15) is 26.7 Å². The number of rotatable bonds is 2. The van der Waals surface area contributed by atoms with E-state index in [1.165, 1.54) is 12.8 Å². The van der Waals surface area contributed by atoms with Crippen molar-refractivity contribution in [1.29, 1.82) is 0 Å². The second-order valence-corrected chi connectivity index (χ2v) is 3.29. The fraction of sp³-hybridized carbons (Fsp3) is 1.00. The molecule has 0 aromatic carbocycles. The molecule has 1 aliphatic carbocycles. The van der Waals surface area contributed by atoms with Crippen LogP contribution in [0.4, 0.5) is 0 Å². The zero-order chi connectivity index (χ0) is 6.15. The summed E-state index contributed by atoms with van der Waals surface area (Å²) in [4.78, 5) is 0. The van der Waals surface area contributed by atoms with Crippen molar-refractivity contribution in [3.8, 4) is 0 Å². The highest BCUT2D eigenvalue weighted by Crippen LogP contribution is 2.33. The van der Waals surface area contributed by atoms with Gasteiger partial charge in [-0.3, -0.25) is 0 Å². The van der Waals surface area contributed by atoms with E-state index < -0.39 is 0 Å². The number of hydrogen-bond donors (Lipinski definition) is 1. The molecule has 48 valence electrons. The Kier molecular flexibility index (Phi) is 1.57. The molecule has 1 saturated carbocycles. The van der Waals surface area contributed by atoms with Crippen LogP contribution in [-0.2, 0) is 0 Å². The van der Waals surface area contributed by atoms with Gasteiger partial charge in [0.05, 0.1) is 0 Å². The zero-order valence-electron chi connectivity index (χ0n) is 5.72. The van der Waals surface area contributed by atoms with Gasteiger partial charge in [-0.25, -0.2) is 0 Å². The van der Waals surface area contributed by atoms with Gasteiger partial charge in [0.2, 0.25) is 0 Å². The summed E-state index contributed by atoms with van der Waals surface area (Å²) in [6.07, 6.45) is 2.61. The molecule has 1 nitrogen and oxygen atoms in total. The molecular weight excluding hydrogens is 98.1 g/mol. The molecule has 8 heavy (non-hydrogen) atoms.